The van der Waals surface area contributed by atoms with E-state index in [0.717, 1.165) is 17.8 Å². The standard InChI is InChI=1S/C17H26N4OS/c1-12-14(13(2)21(5)19-12)8-9-17(22)18-11-15(20(3)4)16-7-6-10-23-16/h6-7,10,15H,8-9,11H2,1-5H3,(H,18,22). The fraction of sp³-hybridized carbons (Fsp3) is 0.529. The van der Waals surface area contributed by atoms with Crippen LogP contribution in [0, 0.1) is 13.8 Å². The van der Waals surface area contributed by atoms with Crippen molar-refractivity contribution in [3.63, 3.8) is 0 Å². The Kier molecular flexibility index (Phi) is 5.96. The van der Waals surface area contributed by atoms with Crippen molar-refractivity contribution < 1.29 is 4.79 Å². The molecule has 23 heavy (non-hydrogen) atoms. The highest BCUT2D eigenvalue weighted by molar-refractivity contribution is 7.10. The summed E-state index contributed by atoms with van der Waals surface area (Å²) in [6.45, 7) is 4.68. The van der Waals surface area contributed by atoms with Crippen LogP contribution in [0.3, 0.4) is 0 Å². The lowest BCUT2D eigenvalue weighted by molar-refractivity contribution is -0.121. The van der Waals surface area contributed by atoms with Gasteiger partial charge >= 0.3 is 0 Å². The first-order valence-corrected chi connectivity index (χ1v) is 8.73. The summed E-state index contributed by atoms with van der Waals surface area (Å²) in [5, 5.41) is 9.54. The predicted octanol–water partition coefficient (Wildman–Crippen LogP) is 2.45. The molecule has 126 valence electrons. The average Bonchev–Trinajstić information content (AvgIpc) is 3.08. The zero-order chi connectivity index (χ0) is 17.0. The number of carbonyl (C=O) groups excluding carboxylic acids is 1. The molecule has 1 unspecified atom stereocenters. The highest BCUT2D eigenvalue weighted by Crippen LogP contribution is 2.22. The minimum atomic E-state index is 0.0936. The molecule has 6 heteroatoms. The number of aryl methyl sites for hydroxylation is 2. The second kappa shape index (κ2) is 7.75. The first-order valence-electron chi connectivity index (χ1n) is 7.85. The van der Waals surface area contributed by atoms with Gasteiger partial charge in [-0.3, -0.25) is 9.48 Å². The van der Waals surface area contributed by atoms with Crippen molar-refractivity contribution in [1.82, 2.24) is 20.0 Å². The molecule has 1 atom stereocenters. The molecule has 0 radical (unpaired) electrons. The number of hydrogen-bond donors (Lipinski definition) is 1. The van der Waals surface area contributed by atoms with Crippen LogP contribution in [0.15, 0.2) is 17.5 Å². The van der Waals surface area contributed by atoms with E-state index in [1.54, 1.807) is 11.3 Å². The van der Waals surface area contributed by atoms with Crippen LogP contribution in [0.25, 0.3) is 0 Å². The Balaban J connectivity index is 1.87. The zero-order valence-corrected chi connectivity index (χ0v) is 15.4. The monoisotopic (exact) mass is 334 g/mol. The van der Waals surface area contributed by atoms with Crippen LogP contribution in [-0.4, -0.2) is 41.2 Å². The minimum Gasteiger partial charge on any atom is -0.354 e. The number of likely N-dealkylation sites (N-methyl/N-ethyl adjacent to an activating group) is 1. The van der Waals surface area contributed by atoms with E-state index in [1.807, 2.05) is 45.7 Å². The number of carbonyl (C=O) groups is 1. The van der Waals surface area contributed by atoms with Crippen LogP contribution >= 0.6 is 11.3 Å². The number of nitrogens with one attached hydrogen (secondary N) is 1. The van der Waals surface area contributed by atoms with Gasteiger partial charge in [0.25, 0.3) is 0 Å². The van der Waals surface area contributed by atoms with Crippen LogP contribution in [-0.2, 0) is 18.3 Å². The molecule has 2 heterocycles. The van der Waals surface area contributed by atoms with Crippen molar-refractivity contribution in [2.45, 2.75) is 32.7 Å². The summed E-state index contributed by atoms with van der Waals surface area (Å²) >= 11 is 1.72. The predicted molar refractivity (Wildman–Crippen MR) is 94.8 cm³/mol. The first-order chi connectivity index (χ1) is 10.9. The van der Waals surface area contributed by atoms with Crippen LogP contribution in [0.5, 0.6) is 0 Å². The third-order valence-electron chi connectivity index (χ3n) is 4.25. The third kappa shape index (κ3) is 4.42. The first kappa shape index (κ1) is 17.7. The van der Waals surface area contributed by atoms with E-state index in [4.69, 9.17) is 0 Å². The Morgan fingerprint density at radius 2 is 2.17 bits per heavy atom. The van der Waals surface area contributed by atoms with Gasteiger partial charge in [-0.05, 0) is 51.4 Å². The largest absolute Gasteiger partial charge is 0.354 e. The molecule has 2 rings (SSSR count). The molecule has 0 saturated carbocycles. The molecule has 0 saturated heterocycles. The molecule has 0 aromatic carbocycles. The van der Waals surface area contributed by atoms with Gasteiger partial charge in [0, 0.05) is 30.6 Å². The molecule has 1 amide bonds. The van der Waals surface area contributed by atoms with Crippen molar-refractivity contribution in [2.75, 3.05) is 20.6 Å². The van der Waals surface area contributed by atoms with E-state index in [1.165, 1.54) is 10.4 Å². The fourth-order valence-corrected chi connectivity index (χ4v) is 3.66. The van der Waals surface area contributed by atoms with E-state index in [-0.39, 0.29) is 11.9 Å². The number of nitrogens with zero attached hydrogens (tertiary/aromatic N) is 3. The van der Waals surface area contributed by atoms with Gasteiger partial charge in [-0.15, -0.1) is 11.3 Å². The van der Waals surface area contributed by atoms with E-state index in [2.05, 4.69) is 26.8 Å². The van der Waals surface area contributed by atoms with Crippen molar-refractivity contribution in [3.05, 3.63) is 39.3 Å². The molecular weight excluding hydrogens is 308 g/mol. The van der Waals surface area contributed by atoms with E-state index >= 15 is 0 Å². The molecular formula is C17H26N4OS. The lowest BCUT2D eigenvalue weighted by Gasteiger charge is -2.23. The van der Waals surface area contributed by atoms with Crippen molar-refractivity contribution in [1.29, 1.82) is 0 Å². The van der Waals surface area contributed by atoms with Crippen molar-refractivity contribution in [3.8, 4) is 0 Å². The molecule has 5 nitrogen and oxygen atoms in total. The maximum atomic E-state index is 12.2. The van der Waals surface area contributed by atoms with Gasteiger partial charge in [0.05, 0.1) is 11.7 Å². The average molecular weight is 334 g/mol. The summed E-state index contributed by atoms with van der Waals surface area (Å²) in [6, 6.07) is 4.39. The molecule has 0 aliphatic rings. The molecule has 0 bridgehead atoms. The third-order valence-corrected chi connectivity index (χ3v) is 5.22. The molecule has 2 aromatic heterocycles. The number of amides is 1. The number of hydrogen-bond acceptors (Lipinski definition) is 4. The highest BCUT2D eigenvalue weighted by atomic mass is 32.1. The normalized spacial score (nSPS) is 12.6. The molecule has 2 aromatic rings. The van der Waals surface area contributed by atoms with Gasteiger partial charge < -0.3 is 10.2 Å². The van der Waals surface area contributed by atoms with Gasteiger partial charge in [0.1, 0.15) is 0 Å². The van der Waals surface area contributed by atoms with Gasteiger partial charge in [-0.25, -0.2) is 0 Å². The van der Waals surface area contributed by atoms with E-state index in [0.29, 0.717) is 13.0 Å². The van der Waals surface area contributed by atoms with Crippen molar-refractivity contribution in [2.24, 2.45) is 7.05 Å². The molecule has 0 aliphatic heterocycles. The Morgan fingerprint density at radius 1 is 1.43 bits per heavy atom. The lowest BCUT2D eigenvalue weighted by Crippen LogP contribution is -2.34. The number of aromatic nitrogens is 2. The highest BCUT2D eigenvalue weighted by Gasteiger charge is 2.17. The molecule has 0 aliphatic carbocycles. The molecule has 0 spiro atoms. The number of thiophene rings is 1. The SMILES string of the molecule is Cc1nn(C)c(C)c1CCC(=O)NCC(c1cccs1)N(C)C. The topological polar surface area (TPSA) is 50.2 Å². The second-order valence-corrected chi connectivity index (χ2v) is 7.05. The van der Waals surface area contributed by atoms with Gasteiger partial charge in [0.2, 0.25) is 5.91 Å². The Morgan fingerprint density at radius 3 is 2.70 bits per heavy atom. The maximum absolute atomic E-state index is 12.2. The number of rotatable bonds is 7. The summed E-state index contributed by atoms with van der Waals surface area (Å²) in [5.41, 5.74) is 3.34. The quantitative estimate of drug-likeness (QED) is 0.846. The second-order valence-electron chi connectivity index (χ2n) is 6.07. The molecule has 0 fully saturated rings. The van der Waals surface area contributed by atoms with Crippen molar-refractivity contribution >= 4 is 17.2 Å². The van der Waals surface area contributed by atoms with Gasteiger partial charge in [-0.1, -0.05) is 6.07 Å². The van der Waals surface area contributed by atoms with Crippen LogP contribution in [0.4, 0.5) is 0 Å². The summed E-state index contributed by atoms with van der Waals surface area (Å²) < 4.78 is 1.88. The Labute approximate surface area is 142 Å². The van der Waals surface area contributed by atoms with Gasteiger partial charge in [-0.2, -0.15) is 5.10 Å². The Hall–Kier alpha value is -1.66. The van der Waals surface area contributed by atoms with E-state index in [9.17, 15) is 4.79 Å². The Bertz CT molecular complexity index is 646. The van der Waals surface area contributed by atoms with Gasteiger partial charge in [0.15, 0.2) is 0 Å². The fourth-order valence-electron chi connectivity index (χ4n) is 2.74. The summed E-state index contributed by atoms with van der Waals surface area (Å²) in [4.78, 5) is 15.6. The van der Waals surface area contributed by atoms with Crippen LogP contribution in [0.1, 0.15) is 34.3 Å². The minimum absolute atomic E-state index is 0.0936. The summed E-state index contributed by atoms with van der Waals surface area (Å²) in [5.74, 6) is 0.0936. The molecule has 1 N–H and O–H groups in total. The summed E-state index contributed by atoms with van der Waals surface area (Å²) in [7, 11) is 6.02. The summed E-state index contributed by atoms with van der Waals surface area (Å²) in [6.07, 6.45) is 1.24. The lowest BCUT2D eigenvalue weighted by atomic mass is 10.1. The van der Waals surface area contributed by atoms with Crippen LogP contribution < -0.4 is 5.32 Å². The van der Waals surface area contributed by atoms with E-state index < -0.39 is 0 Å². The zero-order valence-electron chi connectivity index (χ0n) is 14.6. The maximum Gasteiger partial charge on any atom is 0.220 e. The van der Waals surface area contributed by atoms with Crippen LogP contribution in [0.2, 0.25) is 0 Å². The smallest absolute Gasteiger partial charge is 0.220 e.